The van der Waals surface area contributed by atoms with Gasteiger partial charge in [-0.25, -0.2) is 0 Å². The molecule has 0 radical (unpaired) electrons. The summed E-state index contributed by atoms with van der Waals surface area (Å²) in [5, 5.41) is 0.847. The molecular weight excluding hydrogens is 194 g/mol. The van der Waals surface area contributed by atoms with E-state index in [4.69, 9.17) is 11.6 Å². The van der Waals surface area contributed by atoms with Gasteiger partial charge in [-0.15, -0.1) is 0 Å². The van der Waals surface area contributed by atoms with Gasteiger partial charge in [0.05, 0.1) is 10.7 Å². The van der Waals surface area contributed by atoms with Gasteiger partial charge in [0.25, 0.3) is 0 Å². The number of halogens is 1. The van der Waals surface area contributed by atoms with Crippen molar-refractivity contribution in [3.8, 4) is 0 Å². The Labute approximate surface area is 90.5 Å². The Kier molecular flexibility index (Phi) is 2.78. The van der Waals surface area contributed by atoms with E-state index in [-0.39, 0.29) is 0 Å². The Morgan fingerprint density at radius 1 is 1.50 bits per heavy atom. The maximum absolute atomic E-state index is 6.12. The molecule has 1 aromatic heterocycles. The average molecular weight is 210 g/mol. The lowest BCUT2D eigenvalue weighted by Crippen LogP contribution is -1.99. The quantitative estimate of drug-likeness (QED) is 0.730. The van der Waals surface area contributed by atoms with E-state index < -0.39 is 0 Å². The monoisotopic (exact) mass is 209 g/mol. The predicted molar refractivity (Wildman–Crippen MR) is 59.9 cm³/mol. The molecule has 1 aliphatic carbocycles. The summed E-state index contributed by atoms with van der Waals surface area (Å²) in [6, 6.07) is 4.06. The highest BCUT2D eigenvalue weighted by Crippen LogP contribution is 2.42. The van der Waals surface area contributed by atoms with E-state index in [1.54, 1.807) is 0 Å². The van der Waals surface area contributed by atoms with Gasteiger partial charge in [-0.3, -0.25) is 4.98 Å². The summed E-state index contributed by atoms with van der Waals surface area (Å²) in [6.07, 6.45) is 3.66. The van der Waals surface area contributed by atoms with Gasteiger partial charge in [0.1, 0.15) is 0 Å². The summed E-state index contributed by atoms with van der Waals surface area (Å²) in [4.78, 5) is 4.67. The van der Waals surface area contributed by atoms with Crippen molar-refractivity contribution in [1.82, 2.24) is 4.98 Å². The van der Waals surface area contributed by atoms with E-state index >= 15 is 0 Å². The number of hydrogen-bond donors (Lipinski definition) is 0. The van der Waals surface area contributed by atoms with E-state index in [1.165, 1.54) is 18.5 Å². The molecule has 0 unspecified atom stereocenters. The zero-order chi connectivity index (χ0) is 10.1. The van der Waals surface area contributed by atoms with Gasteiger partial charge in [-0.2, -0.15) is 0 Å². The largest absolute Gasteiger partial charge is 0.256 e. The zero-order valence-electron chi connectivity index (χ0n) is 8.76. The number of pyridine rings is 1. The van der Waals surface area contributed by atoms with Crippen LogP contribution in [0, 0.1) is 0 Å². The minimum absolute atomic E-state index is 0.546. The first-order valence-electron chi connectivity index (χ1n) is 5.38. The number of hydrogen-bond acceptors (Lipinski definition) is 1. The Morgan fingerprint density at radius 2 is 2.21 bits per heavy atom. The molecule has 1 aromatic rings. The van der Waals surface area contributed by atoms with Crippen molar-refractivity contribution in [3.05, 3.63) is 28.5 Å². The van der Waals surface area contributed by atoms with Crippen molar-refractivity contribution in [1.29, 1.82) is 0 Å². The Balaban J connectivity index is 2.30. The lowest BCUT2D eigenvalue weighted by molar-refractivity contribution is 0.701. The Bertz CT molecular complexity index is 331. The normalized spacial score (nSPS) is 18.2. The van der Waals surface area contributed by atoms with Crippen LogP contribution in [0.3, 0.4) is 0 Å². The molecule has 2 rings (SSSR count). The molecule has 76 valence electrons. The second-order valence-electron chi connectivity index (χ2n) is 4.19. The van der Waals surface area contributed by atoms with E-state index in [0.717, 1.165) is 17.1 Å². The predicted octanol–water partition coefficient (Wildman–Crippen LogP) is 4.13. The second-order valence-corrected chi connectivity index (χ2v) is 4.59. The number of nitrogens with zero attached hydrogens (tertiary/aromatic N) is 1. The molecule has 0 amide bonds. The summed E-state index contributed by atoms with van der Waals surface area (Å²) in [5.74, 6) is 1.19. The van der Waals surface area contributed by atoms with Gasteiger partial charge in [0.15, 0.2) is 0 Å². The molecule has 0 aromatic carbocycles. The summed E-state index contributed by atoms with van der Waals surface area (Å²) in [6.45, 7) is 4.41. The highest BCUT2D eigenvalue weighted by molar-refractivity contribution is 6.31. The van der Waals surface area contributed by atoms with E-state index in [2.05, 4.69) is 24.9 Å². The molecule has 0 bridgehead atoms. The van der Waals surface area contributed by atoms with Crippen LogP contribution in [0.5, 0.6) is 0 Å². The molecule has 0 aliphatic heterocycles. The molecule has 1 fully saturated rings. The third-order valence-electron chi connectivity index (χ3n) is 2.98. The van der Waals surface area contributed by atoms with E-state index in [1.807, 2.05) is 6.07 Å². The fourth-order valence-corrected chi connectivity index (χ4v) is 1.86. The maximum atomic E-state index is 6.12. The van der Waals surface area contributed by atoms with Crippen molar-refractivity contribution in [3.63, 3.8) is 0 Å². The molecule has 2 heteroatoms. The van der Waals surface area contributed by atoms with Crippen LogP contribution < -0.4 is 0 Å². The lowest BCUT2D eigenvalue weighted by Gasteiger charge is -2.10. The molecule has 0 saturated heterocycles. The molecule has 0 N–H and O–H groups in total. The van der Waals surface area contributed by atoms with Crippen LogP contribution in [0.25, 0.3) is 0 Å². The molecule has 1 nitrogen and oxygen atoms in total. The minimum Gasteiger partial charge on any atom is -0.256 e. The smallest absolute Gasteiger partial charge is 0.0624 e. The van der Waals surface area contributed by atoms with Crippen molar-refractivity contribution < 1.29 is 0 Å². The van der Waals surface area contributed by atoms with E-state index in [9.17, 15) is 0 Å². The summed E-state index contributed by atoms with van der Waals surface area (Å²) in [5.41, 5.74) is 2.32. The summed E-state index contributed by atoms with van der Waals surface area (Å²) < 4.78 is 0. The van der Waals surface area contributed by atoms with Crippen molar-refractivity contribution in [2.24, 2.45) is 0 Å². The fraction of sp³-hybridized carbons (Fsp3) is 0.583. The average Bonchev–Trinajstić information content (AvgIpc) is 3.01. The zero-order valence-corrected chi connectivity index (χ0v) is 9.51. The van der Waals surface area contributed by atoms with Crippen molar-refractivity contribution in [2.75, 3.05) is 0 Å². The van der Waals surface area contributed by atoms with Gasteiger partial charge in [0.2, 0.25) is 0 Å². The summed E-state index contributed by atoms with van der Waals surface area (Å²) >= 11 is 6.12. The third-order valence-corrected chi connectivity index (χ3v) is 3.30. The van der Waals surface area contributed by atoms with Gasteiger partial charge < -0.3 is 0 Å². The number of rotatable bonds is 3. The molecule has 1 aliphatic rings. The first-order chi connectivity index (χ1) is 6.72. The van der Waals surface area contributed by atoms with Crippen LogP contribution in [-0.4, -0.2) is 4.98 Å². The Hall–Kier alpha value is -0.560. The molecule has 0 spiro atoms. The third kappa shape index (κ3) is 1.93. The van der Waals surface area contributed by atoms with Crippen LogP contribution in [0.15, 0.2) is 12.1 Å². The SMILES string of the molecule is CC[C@H](C)c1ccc(Cl)c(C2CC2)n1. The van der Waals surface area contributed by atoms with Gasteiger partial charge in [-0.05, 0) is 37.3 Å². The molecule has 14 heavy (non-hydrogen) atoms. The fourth-order valence-electron chi connectivity index (χ4n) is 1.60. The molecule has 1 saturated carbocycles. The van der Waals surface area contributed by atoms with Crippen LogP contribution in [-0.2, 0) is 0 Å². The maximum Gasteiger partial charge on any atom is 0.0624 e. The number of aromatic nitrogens is 1. The summed E-state index contributed by atoms with van der Waals surface area (Å²) in [7, 11) is 0. The topological polar surface area (TPSA) is 12.9 Å². The van der Waals surface area contributed by atoms with Crippen LogP contribution in [0.1, 0.15) is 56.3 Å². The molecular formula is C12H16ClN. The van der Waals surface area contributed by atoms with Crippen LogP contribution >= 0.6 is 11.6 Å². The Morgan fingerprint density at radius 3 is 2.79 bits per heavy atom. The molecule has 1 atom stereocenters. The first-order valence-corrected chi connectivity index (χ1v) is 5.76. The van der Waals surface area contributed by atoms with Gasteiger partial charge >= 0.3 is 0 Å². The highest BCUT2D eigenvalue weighted by atomic mass is 35.5. The lowest BCUT2D eigenvalue weighted by atomic mass is 10.0. The second kappa shape index (κ2) is 3.90. The van der Waals surface area contributed by atoms with Crippen molar-refractivity contribution in [2.45, 2.75) is 44.9 Å². The van der Waals surface area contributed by atoms with Gasteiger partial charge in [0, 0.05) is 11.6 Å². The van der Waals surface area contributed by atoms with Gasteiger partial charge in [-0.1, -0.05) is 25.4 Å². The van der Waals surface area contributed by atoms with E-state index in [0.29, 0.717) is 11.8 Å². The van der Waals surface area contributed by atoms with Crippen LogP contribution in [0.4, 0.5) is 0 Å². The van der Waals surface area contributed by atoms with Crippen molar-refractivity contribution >= 4 is 11.6 Å². The highest BCUT2D eigenvalue weighted by Gasteiger charge is 2.27. The first kappa shape index (κ1) is 9.97. The van der Waals surface area contributed by atoms with Crippen LogP contribution in [0.2, 0.25) is 5.02 Å². The molecule has 1 heterocycles. The minimum atomic E-state index is 0.546. The standard InChI is InChI=1S/C12H16ClN/c1-3-8(2)11-7-6-10(13)12(14-11)9-4-5-9/h6-9H,3-5H2,1-2H3/t8-/m0/s1.